The Balaban J connectivity index is 0.00000169. The lowest BCUT2D eigenvalue weighted by Crippen LogP contribution is -2.18. The molecule has 14 heavy (non-hydrogen) atoms. The van der Waals surface area contributed by atoms with Gasteiger partial charge in [0, 0.05) is 11.0 Å². The van der Waals surface area contributed by atoms with Gasteiger partial charge in [0.1, 0.15) is 0 Å². The van der Waals surface area contributed by atoms with Crippen molar-refractivity contribution in [1.29, 1.82) is 0 Å². The Bertz CT molecular complexity index is 263. The Morgan fingerprint density at radius 1 is 1.36 bits per heavy atom. The predicted molar refractivity (Wildman–Crippen MR) is 67.9 cm³/mol. The van der Waals surface area contributed by atoms with Gasteiger partial charge in [-0.1, -0.05) is 41.9 Å². The molecule has 0 aliphatic heterocycles. The molecule has 80 valence electrons. The van der Waals surface area contributed by atoms with Crippen LogP contribution in [0.1, 0.15) is 19.4 Å². The zero-order chi connectivity index (χ0) is 9.68. The second kappa shape index (κ2) is 7.27. The van der Waals surface area contributed by atoms with Crippen LogP contribution in [0.2, 0.25) is 0 Å². The summed E-state index contributed by atoms with van der Waals surface area (Å²) >= 11 is 3.46. The maximum absolute atomic E-state index is 3.46. The average Bonchev–Trinajstić information content (AvgIpc) is 2.03. The van der Waals surface area contributed by atoms with Crippen LogP contribution in [-0.4, -0.2) is 6.54 Å². The first-order chi connectivity index (χ1) is 6.18. The summed E-state index contributed by atoms with van der Waals surface area (Å²) < 4.78 is 1.15. The molecule has 1 aromatic rings. The van der Waals surface area contributed by atoms with E-state index in [0.29, 0.717) is 5.92 Å². The molecule has 1 N–H and O–H groups in total. The Morgan fingerprint density at radius 2 is 2.07 bits per heavy atom. The van der Waals surface area contributed by atoms with Crippen LogP contribution < -0.4 is 5.32 Å². The molecule has 0 aliphatic rings. The summed E-state index contributed by atoms with van der Waals surface area (Å²) in [7, 11) is 0. The number of hydrogen-bond acceptors (Lipinski definition) is 1. The third kappa shape index (κ3) is 5.63. The zero-order valence-electron chi connectivity index (χ0n) is 8.59. The van der Waals surface area contributed by atoms with E-state index >= 15 is 0 Å². The molecule has 1 nitrogen and oxygen atoms in total. The van der Waals surface area contributed by atoms with Crippen molar-refractivity contribution in [1.82, 2.24) is 5.32 Å². The van der Waals surface area contributed by atoms with Crippen LogP contribution in [0.15, 0.2) is 28.7 Å². The van der Waals surface area contributed by atoms with E-state index in [1.165, 1.54) is 5.56 Å². The van der Waals surface area contributed by atoms with Gasteiger partial charge >= 0.3 is 0 Å². The maximum Gasteiger partial charge on any atom is 0.0206 e. The summed E-state index contributed by atoms with van der Waals surface area (Å²) in [5, 5.41) is 3.41. The first-order valence-electron chi connectivity index (χ1n) is 4.63. The molecule has 0 bridgehead atoms. The summed E-state index contributed by atoms with van der Waals surface area (Å²) in [5.74, 6) is 0.715. The molecule has 0 unspecified atom stereocenters. The van der Waals surface area contributed by atoms with Crippen molar-refractivity contribution in [2.24, 2.45) is 5.92 Å². The highest BCUT2D eigenvalue weighted by atomic mass is 79.9. The van der Waals surface area contributed by atoms with Crippen LogP contribution in [0, 0.1) is 5.92 Å². The van der Waals surface area contributed by atoms with Gasteiger partial charge < -0.3 is 5.32 Å². The summed E-state index contributed by atoms with van der Waals surface area (Å²) in [5.41, 5.74) is 1.33. The van der Waals surface area contributed by atoms with E-state index < -0.39 is 0 Å². The van der Waals surface area contributed by atoms with Crippen molar-refractivity contribution in [2.45, 2.75) is 20.4 Å². The van der Waals surface area contributed by atoms with Gasteiger partial charge in [-0.25, -0.2) is 0 Å². The Labute approximate surface area is 101 Å². The highest BCUT2D eigenvalue weighted by molar-refractivity contribution is 9.10. The van der Waals surface area contributed by atoms with Crippen molar-refractivity contribution < 1.29 is 0 Å². The fourth-order valence-electron chi connectivity index (χ4n) is 1.15. The van der Waals surface area contributed by atoms with Gasteiger partial charge in [-0.15, -0.1) is 12.4 Å². The molecule has 0 saturated heterocycles. The molecule has 1 aromatic carbocycles. The van der Waals surface area contributed by atoms with Crippen LogP contribution in [0.3, 0.4) is 0 Å². The molecular formula is C11H17BrClN. The Kier molecular flexibility index (Phi) is 7.24. The molecule has 0 aliphatic carbocycles. The summed E-state index contributed by atoms with van der Waals surface area (Å²) in [6, 6.07) is 8.40. The van der Waals surface area contributed by atoms with Gasteiger partial charge in [-0.3, -0.25) is 0 Å². The average molecular weight is 279 g/mol. The normalized spacial score (nSPS) is 10.0. The summed E-state index contributed by atoms with van der Waals surface area (Å²) in [6.07, 6.45) is 0. The van der Waals surface area contributed by atoms with Crippen molar-refractivity contribution >= 4 is 28.3 Å². The van der Waals surface area contributed by atoms with Gasteiger partial charge in [-0.2, -0.15) is 0 Å². The minimum absolute atomic E-state index is 0. The number of benzene rings is 1. The van der Waals surface area contributed by atoms with Gasteiger partial charge in [0.2, 0.25) is 0 Å². The second-order valence-electron chi connectivity index (χ2n) is 3.65. The molecule has 0 fully saturated rings. The lowest BCUT2D eigenvalue weighted by atomic mass is 10.2. The third-order valence-electron chi connectivity index (χ3n) is 1.77. The fourth-order valence-corrected chi connectivity index (χ4v) is 1.60. The molecule has 1 rings (SSSR count). The van der Waals surface area contributed by atoms with E-state index in [4.69, 9.17) is 0 Å². The highest BCUT2D eigenvalue weighted by Gasteiger charge is 1.95. The van der Waals surface area contributed by atoms with Gasteiger partial charge in [0.15, 0.2) is 0 Å². The standard InChI is InChI=1S/C11H16BrN.ClH/c1-9(2)7-13-8-10-4-3-5-11(12)6-10;/h3-6,9,13H,7-8H2,1-2H3;1H. The topological polar surface area (TPSA) is 12.0 Å². The molecule has 0 aromatic heterocycles. The SMILES string of the molecule is CC(C)CNCc1cccc(Br)c1.Cl. The fraction of sp³-hybridized carbons (Fsp3) is 0.455. The van der Waals surface area contributed by atoms with Crippen LogP contribution in [-0.2, 0) is 6.54 Å². The molecule has 0 heterocycles. The number of hydrogen-bond donors (Lipinski definition) is 1. The van der Waals surface area contributed by atoms with Crippen molar-refractivity contribution in [2.75, 3.05) is 6.54 Å². The largest absolute Gasteiger partial charge is 0.312 e. The number of halogens is 2. The second-order valence-corrected chi connectivity index (χ2v) is 4.57. The summed E-state index contributed by atoms with van der Waals surface area (Å²) in [4.78, 5) is 0. The minimum atomic E-state index is 0. The first kappa shape index (κ1) is 13.9. The monoisotopic (exact) mass is 277 g/mol. The quantitative estimate of drug-likeness (QED) is 0.887. The van der Waals surface area contributed by atoms with Gasteiger partial charge in [-0.05, 0) is 30.2 Å². The van der Waals surface area contributed by atoms with Gasteiger partial charge in [0.25, 0.3) is 0 Å². The minimum Gasteiger partial charge on any atom is -0.312 e. The molecule has 0 spiro atoms. The predicted octanol–water partition coefficient (Wildman–Crippen LogP) is 3.62. The highest BCUT2D eigenvalue weighted by Crippen LogP contribution is 2.11. The molecular weight excluding hydrogens is 261 g/mol. The Hall–Kier alpha value is -0.0500. The first-order valence-corrected chi connectivity index (χ1v) is 5.43. The van der Waals surface area contributed by atoms with E-state index in [-0.39, 0.29) is 12.4 Å². The van der Waals surface area contributed by atoms with Crippen molar-refractivity contribution in [3.05, 3.63) is 34.3 Å². The number of nitrogens with one attached hydrogen (secondary N) is 1. The molecule has 0 atom stereocenters. The van der Waals surface area contributed by atoms with E-state index in [1.807, 2.05) is 6.07 Å². The lowest BCUT2D eigenvalue weighted by Gasteiger charge is -2.07. The van der Waals surface area contributed by atoms with Crippen molar-refractivity contribution in [3.8, 4) is 0 Å². The van der Waals surface area contributed by atoms with Crippen LogP contribution in [0.4, 0.5) is 0 Å². The van der Waals surface area contributed by atoms with Crippen LogP contribution in [0.25, 0.3) is 0 Å². The Morgan fingerprint density at radius 3 is 2.64 bits per heavy atom. The molecule has 3 heteroatoms. The molecule has 0 saturated carbocycles. The summed E-state index contributed by atoms with van der Waals surface area (Å²) in [6.45, 7) is 6.46. The van der Waals surface area contributed by atoms with E-state index in [0.717, 1.165) is 17.6 Å². The van der Waals surface area contributed by atoms with Crippen LogP contribution in [0.5, 0.6) is 0 Å². The smallest absolute Gasteiger partial charge is 0.0206 e. The molecule has 0 amide bonds. The van der Waals surface area contributed by atoms with Crippen molar-refractivity contribution in [3.63, 3.8) is 0 Å². The maximum atomic E-state index is 3.46. The third-order valence-corrected chi connectivity index (χ3v) is 2.26. The molecule has 0 radical (unpaired) electrons. The van der Waals surface area contributed by atoms with E-state index in [2.05, 4.69) is 53.3 Å². The zero-order valence-corrected chi connectivity index (χ0v) is 11.0. The van der Waals surface area contributed by atoms with E-state index in [9.17, 15) is 0 Å². The lowest BCUT2D eigenvalue weighted by molar-refractivity contribution is 0.552. The number of rotatable bonds is 4. The van der Waals surface area contributed by atoms with E-state index in [1.54, 1.807) is 0 Å². The van der Waals surface area contributed by atoms with Gasteiger partial charge in [0.05, 0.1) is 0 Å². The van der Waals surface area contributed by atoms with Crippen LogP contribution >= 0.6 is 28.3 Å².